The van der Waals surface area contributed by atoms with Gasteiger partial charge in [0.05, 0.1) is 0 Å². The molecule has 0 unspecified atom stereocenters. The number of pyridine rings is 1. The average Bonchev–Trinajstić information content (AvgIpc) is 2.42. The SMILES string of the molecule is Nc1nccnc1Nc1cccc2ccncc12. The first-order valence-corrected chi connectivity index (χ1v) is 5.51. The zero-order chi connectivity index (χ0) is 12.4. The number of fused-ring (bicyclic) bond motifs is 1. The third-order valence-electron chi connectivity index (χ3n) is 2.66. The van der Waals surface area contributed by atoms with Gasteiger partial charge < -0.3 is 11.1 Å². The molecule has 0 aliphatic carbocycles. The zero-order valence-corrected chi connectivity index (χ0v) is 9.54. The quantitative estimate of drug-likeness (QED) is 0.715. The molecule has 5 heteroatoms. The Hall–Kier alpha value is -2.69. The molecule has 1 aromatic carbocycles. The molecule has 3 rings (SSSR count). The summed E-state index contributed by atoms with van der Waals surface area (Å²) in [7, 11) is 0. The number of anilines is 3. The summed E-state index contributed by atoms with van der Waals surface area (Å²) in [6.07, 6.45) is 6.74. The Morgan fingerprint density at radius 2 is 1.89 bits per heavy atom. The number of nitrogens with two attached hydrogens (primary N) is 1. The van der Waals surface area contributed by atoms with Crippen LogP contribution in [0.25, 0.3) is 10.8 Å². The Kier molecular flexibility index (Phi) is 2.49. The molecule has 88 valence electrons. The number of aromatic nitrogens is 3. The van der Waals surface area contributed by atoms with E-state index in [1.54, 1.807) is 18.6 Å². The largest absolute Gasteiger partial charge is 0.381 e. The number of nitrogen functional groups attached to an aromatic ring is 1. The van der Waals surface area contributed by atoms with Gasteiger partial charge >= 0.3 is 0 Å². The lowest BCUT2D eigenvalue weighted by Crippen LogP contribution is -2.01. The van der Waals surface area contributed by atoms with E-state index in [9.17, 15) is 0 Å². The molecule has 2 aromatic heterocycles. The van der Waals surface area contributed by atoms with Crippen LogP contribution < -0.4 is 11.1 Å². The molecule has 5 nitrogen and oxygen atoms in total. The lowest BCUT2D eigenvalue weighted by atomic mass is 10.1. The van der Waals surface area contributed by atoms with E-state index in [-0.39, 0.29) is 0 Å². The third-order valence-corrected chi connectivity index (χ3v) is 2.66. The van der Waals surface area contributed by atoms with Gasteiger partial charge in [0.1, 0.15) is 0 Å². The highest BCUT2D eigenvalue weighted by atomic mass is 15.1. The normalized spacial score (nSPS) is 10.4. The van der Waals surface area contributed by atoms with Gasteiger partial charge in [-0.1, -0.05) is 12.1 Å². The summed E-state index contributed by atoms with van der Waals surface area (Å²) in [5, 5.41) is 5.30. The topological polar surface area (TPSA) is 76.7 Å². The number of nitrogens with zero attached hydrogens (tertiary/aromatic N) is 3. The van der Waals surface area contributed by atoms with Crippen LogP contribution in [0.15, 0.2) is 49.1 Å². The minimum Gasteiger partial charge on any atom is -0.381 e. The molecule has 0 saturated carbocycles. The maximum Gasteiger partial charge on any atom is 0.173 e. The van der Waals surface area contributed by atoms with Crippen molar-refractivity contribution in [2.24, 2.45) is 0 Å². The molecule has 3 aromatic rings. The van der Waals surface area contributed by atoms with E-state index >= 15 is 0 Å². The Morgan fingerprint density at radius 3 is 2.78 bits per heavy atom. The summed E-state index contributed by atoms with van der Waals surface area (Å²) in [6.45, 7) is 0. The predicted molar refractivity (Wildman–Crippen MR) is 71.5 cm³/mol. The second-order valence-electron chi connectivity index (χ2n) is 3.82. The highest BCUT2D eigenvalue weighted by molar-refractivity contribution is 5.94. The first-order valence-electron chi connectivity index (χ1n) is 5.51. The van der Waals surface area contributed by atoms with Gasteiger partial charge in [0.25, 0.3) is 0 Å². The van der Waals surface area contributed by atoms with Crippen molar-refractivity contribution in [1.29, 1.82) is 0 Å². The number of hydrogen-bond donors (Lipinski definition) is 2. The minimum absolute atomic E-state index is 0.374. The van der Waals surface area contributed by atoms with E-state index in [1.165, 1.54) is 0 Å². The smallest absolute Gasteiger partial charge is 0.173 e. The fourth-order valence-corrected chi connectivity index (χ4v) is 1.80. The van der Waals surface area contributed by atoms with Gasteiger partial charge in [-0.05, 0) is 17.5 Å². The van der Waals surface area contributed by atoms with Crippen LogP contribution in [0, 0.1) is 0 Å². The zero-order valence-electron chi connectivity index (χ0n) is 9.54. The van der Waals surface area contributed by atoms with Gasteiger partial charge in [0.2, 0.25) is 0 Å². The Bertz CT molecular complexity index is 690. The van der Waals surface area contributed by atoms with Crippen molar-refractivity contribution in [3.05, 3.63) is 49.1 Å². The summed E-state index contributed by atoms with van der Waals surface area (Å²) in [5.41, 5.74) is 6.67. The lowest BCUT2D eigenvalue weighted by Gasteiger charge is -2.09. The number of rotatable bonds is 2. The standard InChI is InChI=1S/C13H11N5/c14-12-13(17-7-6-16-12)18-11-3-1-2-9-4-5-15-8-10(9)11/h1-8H,(H2,14,16)(H,17,18). The van der Waals surface area contributed by atoms with Crippen molar-refractivity contribution in [2.45, 2.75) is 0 Å². The number of benzene rings is 1. The molecule has 0 radical (unpaired) electrons. The molecular formula is C13H11N5. The van der Waals surface area contributed by atoms with Gasteiger partial charge in [-0.2, -0.15) is 0 Å². The third kappa shape index (κ3) is 1.82. The molecule has 18 heavy (non-hydrogen) atoms. The maximum atomic E-state index is 5.76. The van der Waals surface area contributed by atoms with Crippen molar-refractivity contribution >= 4 is 28.1 Å². The molecule has 0 saturated heterocycles. The summed E-state index contributed by atoms with van der Waals surface area (Å²) in [6, 6.07) is 7.91. The van der Waals surface area contributed by atoms with Crippen LogP contribution in [0.1, 0.15) is 0 Å². The fourth-order valence-electron chi connectivity index (χ4n) is 1.80. The molecule has 0 atom stereocenters. The average molecular weight is 237 g/mol. The van der Waals surface area contributed by atoms with Crippen LogP contribution in [-0.4, -0.2) is 15.0 Å². The predicted octanol–water partition coefficient (Wildman–Crippen LogP) is 2.35. The van der Waals surface area contributed by atoms with Gasteiger partial charge in [-0.3, -0.25) is 4.98 Å². The molecular weight excluding hydrogens is 226 g/mol. The van der Waals surface area contributed by atoms with Crippen LogP contribution >= 0.6 is 0 Å². The summed E-state index contributed by atoms with van der Waals surface area (Å²) < 4.78 is 0. The van der Waals surface area contributed by atoms with Crippen molar-refractivity contribution in [1.82, 2.24) is 15.0 Å². The Morgan fingerprint density at radius 1 is 1.00 bits per heavy atom. The molecule has 0 amide bonds. The molecule has 3 N–H and O–H groups in total. The fraction of sp³-hybridized carbons (Fsp3) is 0. The van der Waals surface area contributed by atoms with Crippen LogP contribution in [0.4, 0.5) is 17.3 Å². The van der Waals surface area contributed by atoms with Crippen molar-refractivity contribution in [3.63, 3.8) is 0 Å². The van der Waals surface area contributed by atoms with Crippen LogP contribution in [0.3, 0.4) is 0 Å². The summed E-state index contributed by atoms with van der Waals surface area (Å²) in [5.74, 6) is 0.923. The second kappa shape index (κ2) is 4.29. The van der Waals surface area contributed by atoms with Crippen LogP contribution in [0.2, 0.25) is 0 Å². The van der Waals surface area contributed by atoms with Crippen molar-refractivity contribution < 1.29 is 0 Å². The van der Waals surface area contributed by atoms with Crippen molar-refractivity contribution in [3.8, 4) is 0 Å². The first-order chi connectivity index (χ1) is 8.84. The second-order valence-corrected chi connectivity index (χ2v) is 3.82. The highest BCUT2D eigenvalue weighted by Gasteiger charge is 2.04. The molecule has 0 bridgehead atoms. The van der Waals surface area contributed by atoms with Crippen LogP contribution in [0.5, 0.6) is 0 Å². The van der Waals surface area contributed by atoms with Gasteiger partial charge in [0, 0.05) is 35.9 Å². The lowest BCUT2D eigenvalue weighted by molar-refractivity contribution is 1.21. The van der Waals surface area contributed by atoms with E-state index in [1.807, 2.05) is 30.5 Å². The van der Waals surface area contributed by atoms with Gasteiger partial charge in [-0.15, -0.1) is 0 Å². The highest BCUT2D eigenvalue weighted by Crippen LogP contribution is 2.26. The summed E-state index contributed by atoms with van der Waals surface area (Å²) >= 11 is 0. The maximum absolute atomic E-state index is 5.76. The Labute approximate surface area is 104 Å². The van der Waals surface area contributed by atoms with Crippen molar-refractivity contribution in [2.75, 3.05) is 11.1 Å². The molecule has 2 heterocycles. The van der Waals surface area contributed by atoms with Gasteiger partial charge in [0.15, 0.2) is 11.6 Å². The molecule has 0 spiro atoms. The minimum atomic E-state index is 0.374. The molecule has 0 aliphatic heterocycles. The molecule has 0 fully saturated rings. The summed E-state index contributed by atoms with van der Waals surface area (Å²) in [4.78, 5) is 12.3. The van der Waals surface area contributed by atoms with E-state index in [0.717, 1.165) is 16.5 Å². The van der Waals surface area contributed by atoms with E-state index in [2.05, 4.69) is 20.3 Å². The van der Waals surface area contributed by atoms with E-state index in [4.69, 9.17) is 5.73 Å². The Balaban J connectivity index is 2.08. The van der Waals surface area contributed by atoms with E-state index in [0.29, 0.717) is 11.6 Å². The molecule has 0 aliphatic rings. The van der Waals surface area contributed by atoms with Crippen LogP contribution in [-0.2, 0) is 0 Å². The van der Waals surface area contributed by atoms with Gasteiger partial charge in [-0.25, -0.2) is 9.97 Å². The monoisotopic (exact) mass is 237 g/mol. The first kappa shape index (κ1) is 10.5. The number of nitrogens with one attached hydrogen (secondary N) is 1. The van der Waals surface area contributed by atoms with E-state index < -0.39 is 0 Å². The number of hydrogen-bond acceptors (Lipinski definition) is 5.